The van der Waals surface area contributed by atoms with Gasteiger partial charge in [0.15, 0.2) is 17.5 Å². The van der Waals surface area contributed by atoms with E-state index in [1.165, 1.54) is 18.7 Å². The van der Waals surface area contributed by atoms with Gasteiger partial charge in [0, 0.05) is 24.3 Å². The van der Waals surface area contributed by atoms with Gasteiger partial charge in [0.2, 0.25) is 5.95 Å². The molecule has 2 heterocycles. The van der Waals surface area contributed by atoms with E-state index in [1.807, 2.05) is 0 Å². The molecule has 1 saturated heterocycles. The van der Waals surface area contributed by atoms with Crippen molar-refractivity contribution in [1.29, 1.82) is 0 Å². The van der Waals surface area contributed by atoms with Gasteiger partial charge < -0.3 is 10.2 Å². The fourth-order valence-electron chi connectivity index (χ4n) is 2.89. The van der Waals surface area contributed by atoms with Crippen molar-refractivity contribution in [2.24, 2.45) is 0 Å². The van der Waals surface area contributed by atoms with E-state index < -0.39 is 11.6 Å². The number of aromatic nitrogens is 3. The molecule has 5 nitrogen and oxygen atoms in total. The second-order valence-electron chi connectivity index (χ2n) is 5.65. The van der Waals surface area contributed by atoms with Crippen LogP contribution >= 0.6 is 0 Å². The number of halogens is 2. The summed E-state index contributed by atoms with van der Waals surface area (Å²) in [5.41, 5.74) is 0.418. The predicted molar refractivity (Wildman–Crippen MR) is 84.7 cm³/mol. The van der Waals surface area contributed by atoms with Gasteiger partial charge >= 0.3 is 0 Å². The van der Waals surface area contributed by atoms with Crippen molar-refractivity contribution >= 4 is 17.5 Å². The van der Waals surface area contributed by atoms with Crippen LogP contribution in [0.25, 0.3) is 0 Å². The third-order valence-electron chi connectivity index (χ3n) is 4.09. The molecular weight excluding hydrogens is 300 g/mol. The van der Waals surface area contributed by atoms with E-state index in [1.54, 1.807) is 0 Å². The molecule has 0 aliphatic carbocycles. The third-order valence-corrected chi connectivity index (χ3v) is 4.09. The lowest BCUT2D eigenvalue weighted by Crippen LogP contribution is -2.40. The predicted octanol–water partition coefficient (Wildman–Crippen LogP) is 3.66. The van der Waals surface area contributed by atoms with Gasteiger partial charge in [-0.25, -0.2) is 8.78 Å². The third kappa shape index (κ3) is 3.55. The normalized spacial score (nSPS) is 18.0. The van der Waals surface area contributed by atoms with Gasteiger partial charge in [-0.05, 0) is 37.8 Å². The molecule has 1 atom stereocenters. The molecule has 1 N–H and O–H groups in total. The molecule has 1 aliphatic rings. The molecule has 122 valence electrons. The number of piperidine rings is 1. The lowest BCUT2D eigenvalue weighted by molar-refractivity contribution is 0.442. The maximum Gasteiger partial charge on any atom is 0.247 e. The van der Waals surface area contributed by atoms with Crippen LogP contribution in [0.1, 0.15) is 32.6 Å². The maximum atomic E-state index is 13.3. The van der Waals surface area contributed by atoms with Gasteiger partial charge in [-0.15, -0.1) is 5.10 Å². The molecule has 1 unspecified atom stereocenters. The zero-order valence-electron chi connectivity index (χ0n) is 13.0. The lowest BCUT2D eigenvalue weighted by Gasteiger charge is -2.34. The number of hydrogen-bond acceptors (Lipinski definition) is 5. The van der Waals surface area contributed by atoms with Crippen LogP contribution in [0.15, 0.2) is 24.4 Å². The first-order valence-corrected chi connectivity index (χ1v) is 7.86. The molecule has 0 bridgehead atoms. The molecule has 1 fully saturated rings. The molecule has 1 aliphatic heterocycles. The summed E-state index contributed by atoms with van der Waals surface area (Å²) in [6.45, 7) is 3.06. The van der Waals surface area contributed by atoms with Crippen LogP contribution in [-0.4, -0.2) is 27.8 Å². The highest BCUT2D eigenvalue weighted by Gasteiger charge is 2.23. The fraction of sp³-hybridized carbons (Fsp3) is 0.438. The Morgan fingerprint density at radius 1 is 1.26 bits per heavy atom. The zero-order valence-corrected chi connectivity index (χ0v) is 13.0. The highest BCUT2D eigenvalue weighted by Crippen LogP contribution is 2.24. The number of anilines is 3. The molecule has 2 aromatic rings. The van der Waals surface area contributed by atoms with Gasteiger partial charge in [-0.3, -0.25) is 0 Å². The Balaban J connectivity index is 1.80. The van der Waals surface area contributed by atoms with Crippen molar-refractivity contribution in [3.8, 4) is 0 Å². The van der Waals surface area contributed by atoms with Crippen LogP contribution in [-0.2, 0) is 0 Å². The molecule has 1 aromatic heterocycles. The summed E-state index contributed by atoms with van der Waals surface area (Å²) >= 11 is 0. The SMILES string of the molecule is CCC1CCCCN1c1nncc(Nc2ccc(F)c(F)c2)n1. The van der Waals surface area contributed by atoms with E-state index >= 15 is 0 Å². The number of nitrogens with zero attached hydrogens (tertiary/aromatic N) is 4. The minimum absolute atomic E-state index is 0.418. The van der Waals surface area contributed by atoms with Crippen molar-refractivity contribution in [3.63, 3.8) is 0 Å². The van der Waals surface area contributed by atoms with Crippen LogP contribution in [0.4, 0.5) is 26.2 Å². The monoisotopic (exact) mass is 319 g/mol. The minimum atomic E-state index is -0.903. The summed E-state index contributed by atoms with van der Waals surface area (Å²) in [6, 6.07) is 4.04. The van der Waals surface area contributed by atoms with Crippen molar-refractivity contribution < 1.29 is 8.78 Å². The average molecular weight is 319 g/mol. The second-order valence-corrected chi connectivity index (χ2v) is 5.65. The van der Waals surface area contributed by atoms with E-state index in [4.69, 9.17) is 0 Å². The van der Waals surface area contributed by atoms with E-state index in [-0.39, 0.29) is 0 Å². The standard InChI is InChI=1S/C16H19F2N5/c1-2-12-5-3-4-8-23(12)16-21-15(10-19-22-16)20-11-6-7-13(17)14(18)9-11/h6-7,9-10,12H,2-5,8H2,1H3,(H,20,21,22). The Hall–Kier alpha value is -2.31. The van der Waals surface area contributed by atoms with E-state index in [0.717, 1.165) is 37.9 Å². The molecule has 0 radical (unpaired) electrons. The summed E-state index contributed by atoms with van der Waals surface area (Å²) in [7, 11) is 0. The topological polar surface area (TPSA) is 53.9 Å². The maximum absolute atomic E-state index is 13.3. The van der Waals surface area contributed by atoms with E-state index in [2.05, 4.69) is 32.3 Å². The lowest BCUT2D eigenvalue weighted by atomic mass is 10.0. The van der Waals surface area contributed by atoms with Crippen LogP contribution in [0.2, 0.25) is 0 Å². The average Bonchev–Trinajstić information content (AvgIpc) is 2.58. The summed E-state index contributed by atoms with van der Waals surface area (Å²) in [6.07, 6.45) is 5.95. The Morgan fingerprint density at radius 3 is 2.91 bits per heavy atom. The van der Waals surface area contributed by atoms with Crippen LogP contribution in [0, 0.1) is 11.6 Å². The second kappa shape index (κ2) is 6.85. The summed E-state index contributed by atoms with van der Waals surface area (Å²) in [5.74, 6) is -0.749. The number of rotatable bonds is 4. The van der Waals surface area contributed by atoms with Gasteiger partial charge in [-0.1, -0.05) is 6.92 Å². The van der Waals surface area contributed by atoms with Crippen molar-refractivity contribution in [1.82, 2.24) is 15.2 Å². The van der Waals surface area contributed by atoms with Crippen molar-refractivity contribution in [2.75, 3.05) is 16.8 Å². The summed E-state index contributed by atoms with van der Waals surface area (Å²) in [4.78, 5) is 6.64. The largest absolute Gasteiger partial charge is 0.339 e. The molecule has 1 aromatic carbocycles. The molecule has 7 heteroatoms. The highest BCUT2D eigenvalue weighted by atomic mass is 19.2. The Morgan fingerprint density at radius 2 is 2.13 bits per heavy atom. The van der Waals surface area contributed by atoms with Gasteiger partial charge in [0.1, 0.15) is 0 Å². The number of hydrogen-bond donors (Lipinski definition) is 1. The number of benzene rings is 1. The van der Waals surface area contributed by atoms with E-state index in [0.29, 0.717) is 23.5 Å². The van der Waals surface area contributed by atoms with Crippen LogP contribution < -0.4 is 10.2 Å². The zero-order chi connectivity index (χ0) is 16.2. The van der Waals surface area contributed by atoms with Crippen LogP contribution in [0.5, 0.6) is 0 Å². The molecule has 0 saturated carbocycles. The minimum Gasteiger partial charge on any atom is -0.339 e. The Kier molecular flexibility index (Phi) is 4.64. The first-order chi connectivity index (χ1) is 11.2. The van der Waals surface area contributed by atoms with E-state index in [9.17, 15) is 8.78 Å². The first-order valence-electron chi connectivity index (χ1n) is 7.86. The molecule has 3 rings (SSSR count). The van der Waals surface area contributed by atoms with Gasteiger partial charge in [0.25, 0.3) is 0 Å². The first kappa shape index (κ1) is 15.6. The van der Waals surface area contributed by atoms with Crippen LogP contribution in [0.3, 0.4) is 0 Å². The quantitative estimate of drug-likeness (QED) is 0.932. The fourth-order valence-corrected chi connectivity index (χ4v) is 2.89. The highest BCUT2D eigenvalue weighted by molar-refractivity contribution is 5.56. The summed E-state index contributed by atoms with van der Waals surface area (Å²) in [5, 5.41) is 11.0. The van der Waals surface area contributed by atoms with Gasteiger partial charge in [-0.2, -0.15) is 10.1 Å². The van der Waals surface area contributed by atoms with Gasteiger partial charge in [0.05, 0.1) is 6.20 Å². The van der Waals surface area contributed by atoms with Crippen molar-refractivity contribution in [3.05, 3.63) is 36.0 Å². The van der Waals surface area contributed by atoms with Crippen molar-refractivity contribution in [2.45, 2.75) is 38.6 Å². The Labute approximate surface area is 133 Å². The Bertz CT molecular complexity index is 679. The summed E-state index contributed by atoms with van der Waals surface area (Å²) < 4.78 is 26.3. The molecule has 0 spiro atoms. The smallest absolute Gasteiger partial charge is 0.247 e. The number of nitrogens with one attached hydrogen (secondary N) is 1. The molecule has 23 heavy (non-hydrogen) atoms. The molecular formula is C16H19F2N5. The molecule has 0 amide bonds.